The molecule has 43 heavy (non-hydrogen) atoms. The van der Waals surface area contributed by atoms with E-state index in [0.717, 1.165) is 4.90 Å². The van der Waals surface area contributed by atoms with E-state index in [1.54, 1.807) is 0 Å². The molecule has 0 radical (unpaired) electrons. The van der Waals surface area contributed by atoms with E-state index in [1.807, 2.05) is 0 Å². The van der Waals surface area contributed by atoms with E-state index < -0.39 is 35.6 Å². The number of anilines is 1. The second-order valence-corrected chi connectivity index (χ2v) is 9.37. The van der Waals surface area contributed by atoms with Gasteiger partial charge in [0.15, 0.2) is 0 Å². The molecule has 238 valence electrons. The lowest BCUT2D eigenvalue weighted by Gasteiger charge is -2.27. The molecule has 2 heterocycles. The number of benzene rings is 1. The van der Waals surface area contributed by atoms with E-state index >= 15 is 0 Å². The highest BCUT2D eigenvalue weighted by atomic mass is 16.6. The van der Waals surface area contributed by atoms with Crippen LogP contribution in [0.3, 0.4) is 0 Å². The third-order valence-corrected chi connectivity index (χ3v) is 6.31. The minimum atomic E-state index is -1.09. The lowest BCUT2D eigenvalue weighted by atomic mass is 10.0. The highest BCUT2D eigenvalue weighted by Crippen LogP contribution is 2.32. The zero-order valence-corrected chi connectivity index (χ0v) is 24.0. The van der Waals surface area contributed by atoms with Crippen LogP contribution in [0.1, 0.15) is 40.0 Å². The highest BCUT2D eigenvalue weighted by molar-refractivity contribution is 6.26. The van der Waals surface area contributed by atoms with Crippen molar-refractivity contribution >= 4 is 35.2 Å². The SMILES string of the molecule is O=C1CCC(N2C(=O)c3cccc(NC(=O)CCOCCOCCOCCOCCOCCOCCO)c3C2=O)C(=O)N1. The molecule has 15 nitrogen and oxygen atoms in total. The van der Waals surface area contributed by atoms with Gasteiger partial charge in [-0.2, -0.15) is 0 Å². The first-order valence-electron chi connectivity index (χ1n) is 14.2. The summed E-state index contributed by atoms with van der Waals surface area (Å²) in [6.45, 7) is 4.42. The van der Waals surface area contributed by atoms with Crippen molar-refractivity contribution in [1.29, 1.82) is 0 Å². The van der Waals surface area contributed by atoms with Crippen molar-refractivity contribution in [2.24, 2.45) is 0 Å². The number of aliphatic hydroxyl groups excluding tert-OH is 1. The maximum Gasteiger partial charge on any atom is 0.264 e. The number of fused-ring (bicyclic) bond motifs is 1. The topological polar surface area (TPSA) is 188 Å². The molecule has 5 amide bonds. The van der Waals surface area contributed by atoms with Crippen molar-refractivity contribution in [2.75, 3.05) is 91.2 Å². The van der Waals surface area contributed by atoms with Crippen molar-refractivity contribution in [2.45, 2.75) is 25.3 Å². The van der Waals surface area contributed by atoms with Gasteiger partial charge in [0.05, 0.1) is 109 Å². The predicted octanol–water partition coefficient (Wildman–Crippen LogP) is -0.492. The van der Waals surface area contributed by atoms with Gasteiger partial charge in [0, 0.05) is 6.42 Å². The zero-order chi connectivity index (χ0) is 30.9. The van der Waals surface area contributed by atoms with Gasteiger partial charge in [-0.1, -0.05) is 6.07 Å². The zero-order valence-electron chi connectivity index (χ0n) is 24.0. The van der Waals surface area contributed by atoms with Gasteiger partial charge in [-0.05, 0) is 18.6 Å². The minimum absolute atomic E-state index is 0.00406. The van der Waals surface area contributed by atoms with E-state index in [9.17, 15) is 24.0 Å². The summed E-state index contributed by atoms with van der Waals surface area (Å²) < 4.78 is 32.0. The second-order valence-electron chi connectivity index (χ2n) is 9.37. The van der Waals surface area contributed by atoms with E-state index in [2.05, 4.69) is 10.6 Å². The molecule has 3 rings (SSSR count). The number of aliphatic hydroxyl groups is 1. The summed E-state index contributed by atoms with van der Waals surface area (Å²) in [5.74, 6) is -2.91. The lowest BCUT2D eigenvalue weighted by Crippen LogP contribution is -2.54. The number of rotatable bonds is 22. The van der Waals surface area contributed by atoms with Gasteiger partial charge >= 0.3 is 0 Å². The Kier molecular flexibility index (Phi) is 15.2. The molecule has 1 aromatic carbocycles. The fourth-order valence-corrected chi connectivity index (χ4v) is 4.26. The first-order valence-corrected chi connectivity index (χ1v) is 14.2. The van der Waals surface area contributed by atoms with Crippen LogP contribution in [-0.4, -0.2) is 131 Å². The van der Waals surface area contributed by atoms with Crippen LogP contribution in [0, 0.1) is 0 Å². The monoisotopic (exact) mass is 609 g/mol. The van der Waals surface area contributed by atoms with E-state index in [1.165, 1.54) is 18.2 Å². The summed E-state index contributed by atoms with van der Waals surface area (Å²) in [4.78, 5) is 63.0. The van der Waals surface area contributed by atoms with Crippen molar-refractivity contribution in [3.63, 3.8) is 0 Å². The Balaban J connectivity index is 1.22. The van der Waals surface area contributed by atoms with Crippen LogP contribution < -0.4 is 10.6 Å². The summed E-state index contributed by atoms with van der Waals surface area (Å²) >= 11 is 0. The number of carbonyl (C=O) groups excluding carboxylic acids is 5. The quantitative estimate of drug-likeness (QED) is 0.113. The maximum absolute atomic E-state index is 13.1. The van der Waals surface area contributed by atoms with E-state index in [0.29, 0.717) is 66.1 Å². The Morgan fingerprint density at radius 2 is 1.33 bits per heavy atom. The van der Waals surface area contributed by atoms with Gasteiger partial charge in [0.1, 0.15) is 6.04 Å². The number of imide groups is 2. The van der Waals surface area contributed by atoms with Gasteiger partial charge in [-0.3, -0.25) is 34.2 Å². The van der Waals surface area contributed by atoms with Crippen LogP contribution in [0.15, 0.2) is 18.2 Å². The molecule has 1 unspecified atom stereocenters. The molecule has 0 aromatic heterocycles. The molecule has 0 aliphatic carbocycles. The van der Waals surface area contributed by atoms with Gasteiger partial charge in [-0.15, -0.1) is 0 Å². The fourth-order valence-electron chi connectivity index (χ4n) is 4.26. The number of nitrogens with zero attached hydrogens (tertiary/aromatic N) is 1. The Morgan fingerprint density at radius 1 is 0.791 bits per heavy atom. The third kappa shape index (κ3) is 11.0. The second kappa shape index (κ2) is 19.1. The van der Waals surface area contributed by atoms with E-state index in [4.69, 9.17) is 33.5 Å². The summed E-state index contributed by atoms with van der Waals surface area (Å²) in [6.07, 6.45) is 0.0708. The van der Waals surface area contributed by atoms with Crippen molar-refractivity contribution < 1.29 is 57.5 Å². The molecule has 3 N–H and O–H groups in total. The normalized spacial score (nSPS) is 16.5. The number of ether oxygens (including phenoxy) is 6. The van der Waals surface area contributed by atoms with Crippen LogP contribution in [0.4, 0.5) is 5.69 Å². The van der Waals surface area contributed by atoms with Crippen LogP contribution >= 0.6 is 0 Å². The summed E-state index contributed by atoms with van der Waals surface area (Å²) in [6, 6.07) is 3.41. The van der Waals surface area contributed by atoms with Gasteiger partial charge in [-0.25, -0.2) is 0 Å². The molecule has 0 bridgehead atoms. The smallest absolute Gasteiger partial charge is 0.264 e. The number of hydrogen-bond donors (Lipinski definition) is 3. The van der Waals surface area contributed by atoms with Gasteiger partial charge in [0.25, 0.3) is 11.8 Å². The summed E-state index contributed by atoms with van der Waals surface area (Å²) in [7, 11) is 0. The number of carbonyl (C=O) groups is 5. The van der Waals surface area contributed by atoms with Crippen LogP contribution in [-0.2, 0) is 42.8 Å². The molecule has 1 fully saturated rings. The number of nitrogens with one attached hydrogen (secondary N) is 2. The predicted molar refractivity (Wildman–Crippen MR) is 148 cm³/mol. The Bertz CT molecular complexity index is 1100. The third-order valence-electron chi connectivity index (χ3n) is 6.31. The van der Waals surface area contributed by atoms with Gasteiger partial charge < -0.3 is 38.8 Å². The maximum atomic E-state index is 13.1. The Labute approximate surface area is 249 Å². The molecule has 15 heteroatoms. The number of hydrogen-bond acceptors (Lipinski definition) is 12. The molecule has 1 aromatic rings. The first kappa shape index (κ1) is 34.2. The first-order chi connectivity index (χ1) is 20.9. The summed E-state index contributed by atoms with van der Waals surface area (Å²) in [5.41, 5.74) is 0.262. The van der Waals surface area contributed by atoms with Crippen LogP contribution in [0.25, 0.3) is 0 Å². The molecule has 1 atom stereocenters. The number of piperidine rings is 1. The van der Waals surface area contributed by atoms with Crippen molar-refractivity contribution in [1.82, 2.24) is 10.2 Å². The van der Waals surface area contributed by atoms with E-state index in [-0.39, 0.29) is 55.9 Å². The average Bonchev–Trinajstić information content (AvgIpc) is 3.24. The lowest BCUT2D eigenvalue weighted by molar-refractivity contribution is -0.136. The Hall–Kier alpha value is -3.31. The molecule has 0 saturated carbocycles. The average molecular weight is 610 g/mol. The molecule has 0 spiro atoms. The molecule has 2 aliphatic heterocycles. The van der Waals surface area contributed by atoms with Crippen LogP contribution in [0.2, 0.25) is 0 Å². The molecular weight excluding hydrogens is 570 g/mol. The van der Waals surface area contributed by atoms with Crippen molar-refractivity contribution in [3.8, 4) is 0 Å². The molecule has 2 aliphatic rings. The fraction of sp³-hybridized carbons (Fsp3) is 0.607. The Morgan fingerprint density at radius 3 is 1.86 bits per heavy atom. The highest BCUT2D eigenvalue weighted by Gasteiger charge is 2.45. The standard InChI is InChI=1S/C28H39N3O12/c32-7-9-39-11-13-41-15-17-43-19-18-42-16-14-40-12-10-38-8-6-24(34)29-21-3-1-2-20-25(21)28(37)31(27(20)36)22-4-5-23(33)30-26(22)35/h1-3,22,32H,4-19H2,(H,29,34)(H,30,33,35). The molecule has 1 saturated heterocycles. The molecular formula is C28H39N3O12. The van der Waals surface area contributed by atoms with Crippen LogP contribution in [0.5, 0.6) is 0 Å². The van der Waals surface area contributed by atoms with Gasteiger partial charge in [0.2, 0.25) is 17.7 Å². The number of amides is 5. The largest absolute Gasteiger partial charge is 0.394 e. The minimum Gasteiger partial charge on any atom is -0.394 e. The summed E-state index contributed by atoms with van der Waals surface area (Å²) in [5, 5.41) is 13.4. The van der Waals surface area contributed by atoms with Crippen molar-refractivity contribution in [3.05, 3.63) is 29.3 Å².